The molecule has 0 radical (unpaired) electrons. The zero-order valence-corrected chi connectivity index (χ0v) is 19.3. The van der Waals surface area contributed by atoms with Crippen molar-refractivity contribution in [3.05, 3.63) is 0 Å². The Hall–Kier alpha value is -0.660. The van der Waals surface area contributed by atoms with Crippen LogP contribution in [0.15, 0.2) is 0 Å². The van der Waals surface area contributed by atoms with Crippen molar-refractivity contribution in [2.75, 3.05) is 0 Å². The molecule has 5 aliphatic rings. The second-order valence-corrected chi connectivity index (χ2v) is 11.7. The molecule has 0 unspecified atom stereocenters. The van der Waals surface area contributed by atoms with Crippen molar-refractivity contribution in [3.8, 4) is 0 Å². The van der Waals surface area contributed by atoms with Gasteiger partial charge in [-0.3, -0.25) is 9.59 Å². The highest BCUT2D eigenvalue weighted by atomic mass is 16.2. The minimum absolute atomic E-state index is 0.370. The Bertz CT molecular complexity index is 517. The van der Waals surface area contributed by atoms with Crippen LogP contribution >= 0.6 is 0 Å². The fourth-order valence-corrected chi connectivity index (χ4v) is 9.21. The van der Waals surface area contributed by atoms with Crippen LogP contribution in [0.2, 0.25) is 0 Å². The van der Waals surface area contributed by atoms with Gasteiger partial charge in [-0.1, -0.05) is 77.0 Å². The van der Waals surface area contributed by atoms with Crippen LogP contribution in [0.5, 0.6) is 0 Å². The highest BCUT2D eigenvalue weighted by Crippen LogP contribution is 2.68. The molecule has 0 amide bonds. The van der Waals surface area contributed by atoms with E-state index in [1.54, 1.807) is 0 Å². The fraction of sp³-hybridized carbons (Fsp3) is 0.929. The fourth-order valence-electron chi connectivity index (χ4n) is 9.21. The smallest absolute Gasteiger partial charge is 0.161 e. The van der Waals surface area contributed by atoms with Crippen LogP contribution in [0.3, 0.4) is 0 Å². The second kappa shape index (κ2) is 8.70. The van der Waals surface area contributed by atoms with E-state index in [-0.39, 0.29) is 0 Å². The number of hydrogen-bond donors (Lipinski definition) is 0. The molecule has 0 saturated heterocycles. The summed E-state index contributed by atoms with van der Waals surface area (Å²) in [5, 5.41) is 0. The highest BCUT2D eigenvalue weighted by molar-refractivity contribution is 6.31. The van der Waals surface area contributed by atoms with E-state index in [1.807, 2.05) is 0 Å². The van der Waals surface area contributed by atoms with Crippen molar-refractivity contribution in [3.63, 3.8) is 0 Å². The third kappa shape index (κ3) is 3.01. The number of rotatable bonds is 4. The van der Waals surface area contributed by atoms with Crippen molar-refractivity contribution < 1.29 is 9.59 Å². The van der Waals surface area contributed by atoms with Gasteiger partial charge in [0.05, 0.1) is 10.8 Å². The van der Waals surface area contributed by atoms with Gasteiger partial charge in [0, 0.05) is 0 Å². The monoisotopic (exact) mass is 412 g/mol. The maximum Gasteiger partial charge on any atom is 0.161 e. The summed E-state index contributed by atoms with van der Waals surface area (Å²) in [4.78, 5) is 29.6. The van der Waals surface area contributed by atoms with Gasteiger partial charge in [0.25, 0.3) is 0 Å². The third-order valence-electron chi connectivity index (χ3n) is 10.5. The van der Waals surface area contributed by atoms with Crippen molar-refractivity contribution in [2.24, 2.45) is 34.5 Å². The Morgan fingerprint density at radius 2 is 0.567 bits per heavy atom. The maximum atomic E-state index is 14.8. The molecule has 5 saturated carbocycles. The van der Waals surface area contributed by atoms with E-state index in [0.29, 0.717) is 35.2 Å². The quantitative estimate of drug-likeness (QED) is 0.450. The molecule has 0 aliphatic heterocycles. The zero-order valence-electron chi connectivity index (χ0n) is 19.3. The summed E-state index contributed by atoms with van der Waals surface area (Å²) < 4.78 is 0. The summed E-state index contributed by atoms with van der Waals surface area (Å²) in [5.41, 5.74) is -1.12. The van der Waals surface area contributed by atoms with Crippen LogP contribution in [0.1, 0.15) is 128 Å². The van der Waals surface area contributed by atoms with Gasteiger partial charge in [0.15, 0.2) is 11.6 Å². The molecule has 2 nitrogen and oxygen atoms in total. The largest absolute Gasteiger partial charge is 0.297 e. The average molecular weight is 413 g/mol. The molecule has 30 heavy (non-hydrogen) atoms. The third-order valence-corrected chi connectivity index (χ3v) is 10.5. The molecule has 0 heterocycles. The molecule has 0 aromatic rings. The van der Waals surface area contributed by atoms with Crippen molar-refractivity contribution in [1.29, 1.82) is 0 Å². The van der Waals surface area contributed by atoms with Crippen LogP contribution in [-0.2, 0) is 9.59 Å². The summed E-state index contributed by atoms with van der Waals surface area (Å²) in [6.45, 7) is 0. The molecule has 0 atom stereocenters. The predicted molar refractivity (Wildman–Crippen MR) is 121 cm³/mol. The lowest BCUT2D eigenvalue weighted by molar-refractivity contribution is -0.199. The van der Waals surface area contributed by atoms with Crippen LogP contribution in [0.25, 0.3) is 0 Å². The normalized spacial score (nSPS) is 32.1. The van der Waals surface area contributed by atoms with E-state index in [2.05, 4.69) is 0 Å². The summed E-state index contributed by atoms with van der Waals surface area (Å²) in [6.07, 6.45) is 24.2. The van der Waals surface area contributed by atoms with E-state index in [9.17, 15) is 9.59 Å². The molecular formula is C28H44O2. The van der Waals surface area contributed by atoms with Crippen LogP contribution < -0.4 is 0 Å². The van der Waals surface area contributed by atoms with Crippen molar-refractivity contribution in [2.45, 2.75) is 128 Å². The second-order valence-electron chi connectivity index (χ2n) is 11.7. The zero-order chi connectivity index (χ0) is 20.6. The van der Waals surface area contributed by atoms with E-state index >= 15 is 0 Å². The summed E-state index contributed by atoms with van der Waals surface area (Å²) in [7, 11) is 0. The summed E-state index contributed by atoms with van der Waals surface area (Å²) in [5.74, 6) is 2.50. The Morgan fingerprint density at radius 1 is 0.367 bits per heavy atom. The molecular weight excluding hydrogens is 368 g/mol. The van der Waals surface area contributed by atoms with Gasteiger partial charge in [-0.25, -0.2) is 0 Å². The molecule has 5 fully saturated rings. The minimum Gasteiger partial charge on any atom is -0.297 e. The number of carbonyl (C=O) groups is 2. The maximum absolute atomic E-state index is 14.8. The average Bonchev–Trinajstić information content (AvgIpc) is 2.83. The number of ketones is 2. The number of Topliss-reactive ketones (excluding diaryl/α,β-unsaturated/α-hetero) is 2. The Morgan fingerprint density at radius 3 is 0.767 bits per heavy atom. The molecule has 0 spiro atoms. The van der Waals surface area contributed by atoms with Gasteiger partial charge in [-0.05, 0) is 75.0 Å². The Balaban J connectivity index is 1.55. The molecule has 2 heteroatoms. The van der Waals surface area contributed by atoms with E-state index in [0.717, 1.165) is 51.4 Å². The first kappa shape index (κ1) is 21.2. The van der Waals surface area contributed by atoms with Crippen LogP contribution in [-0.4, -0.2) is 11.6 Å². The SMILES string of the molecule is O=C1C(C2CCCCC2)(C2CCCCC2)C(=O)C1(C1CCCCC1)C1CCCCC1. The topological polar surface area (TPSA) is 34.1 Å². The minimum atomic E-state index is -0.560. The summed E-state index contributed by atoms with van der Waals surface area (Å²) in [6, 6.07) is 0. The predicted octanol–water partition coefficient (Wildman–Crippen LogP) is 7.43. The molecule has 0 aromatic carbocycles. The molecule has 0 aromatic heterocycles. The molecule has 168 valence electrons. The standard InChI is InChI=1S/C28H44O2/c29-25-27(21-13-5-1-6-14-21,22-15-7-2-8-16-22)26(30)28(25,23-17-9-3-10-18-23)24-19-11-4-12-20-24/h21-24H,1-20H2. The van der Waals surface area contributed by atoms with E-state index < -0.39 is 10.8 Å². The molecule has 0 N–H and O–H groups in total. The van der Waals surface area contributed by atoms with Gasteiger partial charge in [0.2, 0.25) is 0 Å². The first-order chi connectivity index (χ1) is 14.7. The van der Waals surface area contributed by atoms with Gasteiger partial charge < -0.3 is 0 Å². The number of carbonyl (C=O) groups excluding carboxylic acids is 2. The molecule has 5 aliphatic carbocycles. The highest BCUT2D eigenvalue weighted by Gasteiger charge is 2.78. The van der Waals surface area contributed by atoms with E-state index in [4.69, 9.17) is 0 Å². The van der Waals surface area contributed by atoms with Crippen molar-refractivity contribution in [1.82, 2.24) is 0 Å². The van der Waals surface area contributed by atoms with Gasteiger partial charge in [-0.2, -0.15) is 0 Å². The molecule has 5 rings (SSSR count). The van der Waals surface area contributed by atoms with E-state index in [1.165, 1.54) is 77.0 Å². The van der Waals surface area contributed by atoms with Crippen LogP contribution in [0.4, 0.5) is 0 Å². The molecule has 0 bridgehead atoms. The Kier molecular flexibility index (Phi) is 6.15. The van der Waals surface area contributed by atoms with Crippen molar-refractivity contribution >= 4 is 11.6 Å². The van der Waals surface area contributed by atoms with Gasteiger partial charge in [-0.15, -0.1) is 0 Å². The van der Waals surface area contributed by atoms with Gasteiger partial charge >= 0.3 is 0 Å². The Labute approximate surface area is 184 Å². The first-order valence-corrected chi connectivity index (χ1v) is 13.8. The lowest BCUT2D eigenvalue weighted by Gasteiger charge is -2.65. The van der Waals surface area contributed by atoms with Crippen LogP contribution in [0, 0.1) is 34.5 Å². The number of hydrogen-bond acceptors (Lipinski definition) is 2. The lowest BCUT2D eigenvalue weighted by Crippen LogP contribution is -2.76. The van der Waals surface area contributed by atoms with Gasteiger partial charge in [0.1, 0.15) is 0 Å². The lowest BCUT2D eigenvalue weighted by atomic mass is 9.33. The summed E-state index contributed by atoms with van der Waals surface area (Å²) >= 11 is 0. The first-order valence-electron chi connectivity index (χ1n) is 13.8.